The largest absolute Gasteiger partial charge is 0.477 e. The highest BCUT2D eigenvalue weighted by molar-refractivity contribution is 5.93. The summed E-state index contributed by atoms with van der Waals surface area (Å²) in [5.74, 6) is -1.58. The number of carboxylic acid groups (broad SMARTS) is 1. The third-order valence-electron chi connectivity index (χ3n) is 2.27. The van der Waals surface area contributed by atoms with E-state index in [4.69, 9.17) is 10.8 Å². The van der Waals surface area contributed by atoms with Gasteiger partial charge in [0.2, 0.25) is 5.91 Å². The molecule has 0 aliphatic heterocycles. The van der Waals surface area contributed by atoms with Gasteiger partial charge in [0.25, 0.3) is 0 Å². The van der Waals surface area contributed by atoms with Crippen LogP contribution in [0.25, 0.3) is 11.3 Å². The summed E-state index contributed by atoms with van der Waals surface area (Å²) in [6.07, 6.45) is 0. The van der Waals surface area contributed by atoms with E-state index in [2.05, 4.69) is 10.2 Å². The number of carboxylic acids is 1. The highest BCUT2D eigenvalue weighted by atomic mass is 16.4. The Morgan fingerprint density at radius 2 is 1.88 bits per heavy atom. The zero-order chi connectivity index (χ0) is 12.4. The zero-order valence-electron chi connectivity index (χ0n) is 8.68. The summed E-state index contributed by atoms with van der Waals surface area (Å²) in [7, 11) is 0. The number of aromatic carboxylic acids is 1. The molecular weight excluding hydrogens is 222 g/mol. The molecule has 0 spiro atoms. The van der Waals surface area contributed by atoms with Gasteiger partial charge in [-0.2, -0.15) is 5.10 Å². The molecule has 17 heavy (non-hydrogen) atoms. The van der Waals surface area contributed by atoms with Gasteiger partial charge in [0.1, 0.15) is 5.69 Å². The van der Waals surface area contributed by atoms with Crippen LogP contribution in [-0.2, 0) is 0 Å². The highest BCUT2D eigenvalue weighted by Gasteiger charge is 2.09. The van der Waals surface area contributed by atoms with E-state index in [1.807, 2.05) is 0 Å². The Morgan fingerprint density at radius 1 is 1.24 bits per heavy atom. The minimum atomic E-state index is -1.07. The molecule has 1 aromatic carbocycles. The molecule has 0 saturated carbocycles. The molecule has 0 bridgehead atoms. The first-order valence-corrected chi connectivity index (χ1v) is 4.77. The summed E-state index contributed by atoms with van der Waals surface area (Å²) in [4.78, 5) is 21.5. The van der Waals surface area contributed by atoms with E-state index in [-0.39, 0.29) is 5.69 Å². The molecule has 1 aromatic heterocycles. The van der Waals surface area contributed by atoms with Crippen molar-refractivity contribution in [1.29, 1.82) is 0 Å². The van der Waals surface area contributed by atoms with Crippen molar-refractivity contribution in [2.45, 2.75) is 0 Å². The number of rotatable bonds is 3. The van der Waals surface area contributed by atoms with Crippen molar-refractivity contribution in [2.75, 3.05) is 0 Å². The van der Waals surface area contributed by atoms with Crippen molar-refractivity contribution in [3.05, 3.63) is 41.6 Å². The van der Waals surface area contributed by atoms with E-state index in [1.165, 1.54) is 6.07 Å². The molecule has 0 saturated heterocycles. The SMILES string of the molecule is NC(=O)c1ccc(-c2cc(C(=O)O)[nH]n2)cc1. The number of H-pyrrole nitrogens is 1. The lowest BCUT2D eigenvalue weighted by Gasteiger charge is -1.97. The number of carbonyl (C=O) groups excluding carboxylic acids is 1. The lowest BCUT2D eigenvalue weighted by molar-refractivity contribution is 0.0690. The molecule has 2 rings (SSSR count). The second kappa shape index (κ2) is 4.09. The number of nitrogens with two attached hydrogens (primary N) is 1. The molecular formula is C11H9N3O3. The molecule has 6 heteroatoms. The van der Waals surface area contributed by atoms with Gasteiger partial charge in [-0.3, -0.25) is 9.89 Å². The summed E-state index contributed by atoms with van der Waals surface area (Å²) < 4.78 is 0. The lowest BCUT2D eigenvalue weighted by Crippen LogP contribution is -2.10. The first-order chi connectivity index (χ1) is 8.08. The Bertz CT molecular complexity index is 572. The van der Waals surface area contributed by atoms with Gasteiger partial charge in [0.15, 0.2) is 0 Å². The van der Waals surface area contributed by atoms with Crippen molar-refractivity contribution < 1.29 is 14.7 Å². The summed E-state index contributed by atoms with van der Waals surface area (Å²) >= 11 is 0. The Kier molecular flexibility index (Phi) is 2.61. The predicted molar refractivity (Wildman–Crippen MR) is 59.5 cm³/mol. The van der Waals surface area contributed by atoms with Gasteiger partial charge < -0.3 is 10.8 Å². The number of amides is 1. The maximum Gasteiger partial charge on any atom is 0.353 e. The molecule has 6 nitrogen and oxygen atoms in total. The predicted octanol–water partition coefficient (Wildman–Crippen LogP) is 0.874. The van der Waals surface area contributed by atoms with Crippen LogP contribution in [0.2, 0.25) is 0 Å². The van der Waals surface area contributed by atoms with E-state index in [0.29, 0.717) is 16.8 Å². The number of nitrogens with one attached hydrogen (secondary N) is 1. The van der Waals surface area contributed by atoms with Crippen LogP contribution in [0.5, 0.6) is 0 Å². The van der Waals surface area contributed by atoms with Crippen molar-refractivity contribution in [1.82, 2.24) is 10.2 Å². The Hall–Kier alpha value is -2.63. The van der Waals surface area contributed by atoms with E-state index < -0.39 is 11.9 Å². The number of aromatic nitrogens is 2. The van der Waals surface area contributed by atoms with Crippen LogP contribution in [0.1, 0.15) is 20.8 Å². The number of nitrogens with zero attached hydrogens (tertiary/aromatic N) is 1. The molecule has 0 aliphatic carbocycles. The Morgan fingerprint density at radius 3 is 2.35 bits per heavy atom. The fraction of sp³-hybridized carbons (Fsp3) is 0. The molecule has 86 valence electrons. The minimum absolute atomic E-state index is 0.0129. The van der Waals surface area contributed by atoms with Gasteiger partial charge >= 0.3 is 5.97 Å². The maximum absolute atomic E-state index is 10.9. The van der Waals surface area contributed by atoms with Gasteiger partial charge in [0.05, 0.1) is 5.69 Å². The van der Waals surface area contributed by atoms with Gasteiger partial charge in [-0.05, 0) is 18.2 Å². The topological polar surface area (TPSA) is 109 Å². The van der Waals surface area contributed by atoms with Crippen LogP contribution >= 0.6 is 0 Å². The molecule has 0 fully saturated rings. The van der Waals surface area contributed by atoms with Gasteiger partial charge in [-0.25, -0.2) is 4.79 Å². The van der Waals surface area contributed by atoms with E-state index >= 15 is 0 Å². The maximum atomic E-state index is 10.9. The van der Waals surface area contributed by atoms with E-state index in [0.717, 1.165) is 0 Å². The van der Waals surface area contributed by atoms with Crippen LogP contribution in [0.4, 0.5) is 0 Å². The third-order valence-corrected chi connectivity index (χ3v) is 2.27. The highest BCUT2D eigenvalue weighted by Crippen LogP contribution is 2.18. The summed E-state index contributed by atoms with van der Waals surface area (Å²) in [6.45, 7) is 0. The molecule has 0 aliphatic rings. The average Bonchev–Trinajstić information content (AvgIpc) is 2.78. The van der Waals surface area contributed by atoms with Gasteiger partial charge in [-0.1, -0.05) is 12.1 Å². The molecule has 2 aromatic rings. The first-order valence-electron chi connectivity index (χ1n) is 4.77. The van der Waals surface area contributed by atoms with Crippen molar-refractivity contribution >= 4 is 11.9 Å². The molecule has 1 amide bonds. The second-order valence-corrected chi connectivity index (χ2v) is 3.41. The summed E-state index contributed by atoms with van der Waals surface area (Å²) in [6, 6.07) is 7.85. The number of hydrogen-bond donors (Lipinski definition) is 3. The minimum Gasteiger partial charge on any atom is -0.477 e. The fourth-order valence-corrected chi connectivity index (χ4v) is 1.38. The third kappa shape index (κ3) is 2.15. The van der Waals surface area contributed by atoms with Crippen LogP contribution in [0.3, 0.4) is 0 Å². The number of carbonyl (C=O) groups is 2. The van der Waals surface area contributed by atoms with Crippen LogP contribution in [0, 0.1) is 0 Å². The van der Waals surface area contributed by atoms with Crippen LogP contribution in [-0.4, -0.2) is 27.2 Å². The van der Waals surface area contributed by atoms with Crippen molar-refractivity contribution in [3.8, 4) is 11.3 Å². The normalized spacial score (nSPS) is 10.1. The number of primary amides is 1. The van der Waals surface area contributed by atoms with Crippen LogP contribution < -0.4 is 5.73 Å². The summed E-state index contributed by atoms with van der Waals surface area (Å²) in [5, 5.41) is 15.0. The Labute approximate surface area is 96.1 Å². The summed E-state index contributed by atoms with van der Waals surface area (Å²) in [5.41, 5.74) is 6.72. The molecule has 0 atom stereocenters. The zero-order valence-corrected chi connectivity index (χ0v) is 8.68. The molecule has 4 N–H and O–H groups in total. The smallest absolute Gasteiger partial charge is 0.353 e. The van der Waals surface area contributed by atoms with Crippen LogP contribution in [0.15, 0.2) is 30.3 Å². The van der Waals surface area contributed by atoms with Crippen molar-refractivity contribution in [2.24, 2.45) is 5.73 Å². The fourth-order valence-electron chi connectivity index (χ4n) is 1.38. The molecule has 0 unspecified atom stereocenters. The monoisotopic (exact) mass is 231 g/mol. The Balaban J connectivity index is 2.33. The second-order valence-electron chi connectivity index (χ2n) is 3.41. The van der Waals surface area contributed by atoms with Gasteiger partial charge in [-0.15, -0.1) is 0 Å². The lowest BCUT2D eigenvalue weighted by atomic mass is 10.1. The first kappa shape index (κ1) is 10.9. The number of benzene rings is 1. The number of aromatic amines is 1. The van der Waals surface area contributed by atoms with Crippen molar-refractivity contribution in [3.63, 3.8) is 0 Å². The quantitative estimate of drug-likeness (QED) is 0.728. The van der Waals surface area contributed by atoms with E-state index in [9.17, 15) is 9.59 Å². The molecule has 1 heterocycles. The average molecular weight is 231 g/mol. The molecule has 0 radical (unpaired) electrons. The van der Waals surface area contributed by atoms with Gasteiger partial charge in [0, 0.05) is 11.1 Å². The van der Waals surface area contributed by atoms with E-state index in [1.54, 1.807) is 24.3 Å². The number of hydrogen-bond acceptors (Lipinski definition) is 3. The standard InChI is InChI=1S/C11H9N3O3/c12-10(15)7-3-1-6(2-4-7)8-5-9(11(16)17)14-13-8/h1-5H,(H2,12,15)(H,13,14)(H,16,17).